The number of amides is 2. The Labute approximate surface area is 142 Å². The molecule has 0 bridgehead atoms. The van der Waals surface area contributed by atoms with Crippen molar-refractivity contribution in [3.63, 3.8) is 0 Å². The number of anilines is 1. The number of carbonyl (C=O) groups is 2. The van der Waals surface area contributed by atoms with Crippen LogP contribution in [0.5, 0.6) is 0 Å². The molecule has 2 amide bonds. The van der Waals surface area contributed by atoms with Crippen LogP contribution in [0.1, 0.15) is 46.0 Å². The zero-order valence-electron chi connectivity index (χ0n) is 14.3. The average molecular weight is 324 g/mol. The molecular weight excluding hydrogens is 300 g/mol. The van der Waals surface area contributed by atoms with Crippen LogP contribution in [0.3, 0.4) is 0 Å². The number of carbonyl (C=O) groups excluding carboxylic acids is 2. The number of para-hydroxylation sites is 1. The number of hydrazine groups is 1. The van der Waals surface area contributed by atoms with Gasteiger partial charge in [0.25, 0.3) is 0 Å². The largest absolute Gasteiger partial charge is 0.273 e. The molecule has 2 atom stereocenters. The maximum absolute atomic E-state index is 13.0. The van der Waals surface area contributed by atoms with E-state index in [-0.39, 0.29) is 29.1 Å². The second kappa shape index (κ2) is 5.47. The first kappa shape index (κ1) is 15.4. The fourth-order valence-electron chi connectivity index (χ4n) is 4.66. The highest BCUT2D eigenvalue weighted by Crippen LogP contribution is 2.50. The molecule has 4 heteroatoms. The highest BCUT2D eigenvalue weighted by Gasteiger charge is 2.48. The Morgan fingerprint density at radius 2 is 1.83 bits per heavy atom. The van der Waals surface area contributed by atoms with Crippen LogP contribution in [0.4, 0.5) is 5.69 Å². The lowest BCUT2D eigenvalue weighted by Gasteiger charge is -2.46. The minimum Gasteiger partial charge on any atom is -0.273 e. The van der Waals surface area contributed by atoms with Crippen LogP contribution in [-0.2, 0) is 9.59 Å². The molecule has 0 saturated carbocycles. The van der Waals surface area contributed by atoms with Crippen LogP contribution in [0.15, 0.2) is 41.5 Å². The molecule has 3 aliphatic rings. The summed E-state index contributed by atoms with van der Waals surface area (Å²) in [4.78, 5) is 25.7. The van der Waals surface area contributed by atoms with Crippen LogP contribution in [0.25, 0.3) is 0 Å². The molecule has 4 nitrogen and oxygen atoms in total. The average Bonchev–Trinajstić information content (AvgIpc) is 2.58. The van der Waals surface area contributed by atoms with Gasteiger partial charge in [0.15, 0.2) is 0 Å². The number of fused-ring (bicyclic) bond motifs is 1. The first-order chi connectivity index (χ1) is 11.5. The lowest BCUT2D eigenvalue weighted by atomic mass is 9.62. The molecule has 1 aliphatic heterocycles. The molecule has 1 fully saturated rings. The smallest absolute Gasteiger partial charge is 0.249 e. The summed E-state index contributed by atoms with van der Waals surface area (Å²) >= 11 is 0. The van der Waals surface area contributed by atoms with Gasteiger partial charge in [-0.15, -0.1) is 0 Å². The van der Waals surface area contributed by atoms with E-state index in [1.807, 2.05) is 30.3 Å². The second-order valence-electron chi connectivity index (χ2n) is 7.93. The summed E-state index contributed by atoms with van der Waals surface area (Å²) in [6, 6.07) is 9.38. The van der Waals surface area contributed by atoms with Crippen LogP contribution in [-0.4, -0.2) is 11.8 Å². The lowest BCUT2D eigenvalue weighted by Crippen LogP contribution is -2.60. The van der Waals surface area contributed by atoms with Gasteiger partial charge in [-0.25, -0.2) is 5.01 Å². The maximum atomic E-state index is 13.0. The van der Waals surface area contributed by atoms with Crippen LogP contribution >= 0.6 is 0 Å². The summed E-state index contributed by atoms with van der Waals surface area (Å²) in [6.45, 7) is 4.56. The molecule has 0 spiro atoms. The predicted molar refractivity (Wildman–Crippen MR) is 92.9 cm³/mol. The standard InChI is InChI=1S/C20H24N2O2/c1-20(2)10-6-7-13-11-16-15(12-17(13)20)18(23)21-22(19(16)24)14-8-4-3-5-9-14/h3-5,8-9,15-16H,6-7,10-12H2,1-2H3,(H,21,23)/t15-,16+/m0/s1. The number of nitrogens with one attached hydrogen (secondary N) is 1. The Bertz CT molecular complexity index is 720. The minimum atomic E-state index is -0.216. The first-order valence-electron chi connectivity index (χ1n) is 8.88. The van der Waals surface area contributed by atoms with Gasteiger partial charge >= 0.3 is 0 Å². The van der Waals surface area contributed by atoms with Gasteiger partial charge in [-0.3, -0.25) is 15.0 Å². The highest BCUT2D eigenvalue weighted by molar-refractivity contribution is 6.04. The number of hydrogen-bond donors (Lipinski definition) is 1. The molecule has 126 valence electrons. The third kappa shape index (κ3) is 2.36. The third-order valence-electron chi connectivity index (χ3n) is 6.01. The van der Waals surface area contributed by atoms with Crippen molar-refractivity contribution >= 4 is 17.5 Å². The van der Waals surface area contributed by atoms with E-state index in [2.05, 4.69) is 19.3 Å². The van der Waals surface area contributed by atoms with E-state index in [0.717, 1.165) is 24.9 Å². The molecule has 1 aromatic carbocycles. The van der Waals surface area contributed by atoms with E-state index in [9.17, 15) is 9.59 Å². The number of hydrogen-bond acceptors (Lipinski definition) is 2. The van der Waals surface area contributed by atoms with Crippen molar-refractivity contribution in [1.29, 1.82) is 0 Å². The number of allylic oxidation sites excluding steroid dienone is 2. The van der Waals surface area contributed by atoms with Crippen molar-refractivity contribution in [2.45, 2.75) is 46.0 Å². The van der Waals surface area contributed by atoms with Crippen LogP contribution in [0.2, 0.25) is 0 Å². The van der Waals surface area contributed by atoms with E-state index in [1.54, 1.807) is 0 Å². The Hall–Kier alpha value is -2.10. The summed E-state index contributed by atoms with van der Waals surface area (Å²) < 4.78 is 0. The van der Waals surface area contributed by atoms with Crippen molar-refractivity contribution < 1.29 is 9.59 Å². The van der Waals surface area contributed by atoms with Crippen molar-refractivity contribution in [3.8, 4) is 0 Å². The number of rotatable bonds is 1. The Kier molecular flexibility index (Phi) is 3.52. The van der Waals surface area contributed by atoms with Gasteiger partial charge in [0, 0.05) is 0 Å². The van der Waals surface area contributed by atoms with Gasteiger partial charge in [-0.2, -0.15) is 0 Å². The summed E-state index contributed by atoms with van der Waals surface area (Å²) in [5.41, 5.74) is 6.60. The molecule has 1 saturated heterocycles. The molecule has 2 aliphatic carbocycles. The fourth-order valence-corrected chi connectivity index (χ4v) is 4.66. The Morgan fingerprint density at radius 3 is 2.58 bits per heavy atom. The summed E-state index contributed by atoms with van der Waals surface area (Å²) in [6.07, 6.45) is 4.94. The van der Waals surface area contributed by atoms with Gasteiger partial charge < -0.3 is 0 Å². The fraction of sp³-hybridized carbons (Fsp3) is 0.500. The minimum absolute atomic E-state index is 0.0172. The van der Waals surface area contributed by atoms with Gasteiger partial charge in [-0.05, 0) is 49.7 Å². The van der Waals surface area contributed by atoms with E-state index in [4.69, 9.17) is 0 Å². The lowest BCUT2D eigenvalue weighted by molar-refractivity contribution is -0.140. The first-order valence-corrected chi connectivity index (χ1v) is 8.88. The van der Waals surface area contributed by atoms with Crippen molar-refractivity contribution in [1.82, 2.24) is 5.43 Å². The maximum Gasteiger partial charge on any atom is 0.249 e. The predicted octanol–water partition coefficient (Wildman–Crippen LogP) is 3.60. The molecule has 24 heavy (non-hydrogen) atoms. The van der Waals surface area contributed by atoms with Crippen LogP contribution in [0, 0.1) is 17.3 Å². The van der Waals surface area contributed by atoms with E-state index in [1.165, 1.54) is 29.0 Å². The van der Waals surface area contributed by atoms with Crippen molar-refractivity contribution in [3.05, 3.63) is 41.5 Å². The molecule has 4 rings (SSSR count). The zero-order valence-corrected chi connectivity index (χ0v) is 14.3. The van der Waals surface area contributed by atoms with Crippen molar-refractivity contribution in [2.24, 2.45) is 17.3 Å². The van der Waals surface area contributed by atoms with Gasteiger partial charge in [0.05, 0.1) is 17.5 Å². The molecule has 1 aromatic rings. The van der Waals surface area contributed by atoms with E-state index >= 15 is 0 Å². The highest BCUT2D eigenvalue weighted by atomic mass is 16.2. The number of nitrogens with zero attached hydrogens (tertiary/aromatic N) is 1. The second-order valence-corrected chi connectivity index (χ2v) is 7.93. The molecule has 1 N–H and O–H groups in total. The quantitative estimate of drug-likeness (QED) is 0.803. The SMILES string of the molecule is CC1(C)CCCC2=C1C[C@@H]1C(=O)NN(c3ccccc3)C(=O)[C@@H]1C2. The van der Waals surface area contributed by atoms with Crippen LogP contribution < -0.4 is 10.4 Å². The Balaban J connectivity index is 1.67. The normalized spacial score (nSPS) is 29.0. The van der Waals surface area contributed by atoms with Crippen molar-refractivity contribution in [2.75, 3.05) is 5.01 Å². The van der Waals surface area contributed by atoms with Gasteiger partial charge in [-0.1, -0.05) is 43.2 Å². The van der Waals surface area contributed by atoms with E-state index in [0.29, 0.717) is 0 Å². The molecule has 0 aromatic heterocycles. The third-order valence-corrected chi connectivity index (χ3v) is 6.01. The molecular formula is C20H24N2O2. The topological polar surface area (TPSA) is 49.4 Å². The summed E-state index contributed by atoms with van der Waals surface area (Å²) in [5, 5.41) is 1.45. The Morgan fingerprint density at radius 1 is 1.08 bits per heavy atom. The summed E-state index contributed by atoms with van der Waals surface area (Å²) in [7, 11) is 0. The van der Waals surface area contributed by atoms with Gasteiger partial charge in [0.2, 0.25) is 11.8 Å². The van der Waals surface area contributed by atoms with E-state index < -0.39 is 0 Å². The molecule has 0 unspecified atom stereocenters. The monoisotopic (exact) mass is 324 g/mol. The summed E-state index contributed by atoms with van der Waals surface area (Å²) in [5.74, 6) is -0.419. The molecule has 1 heterocycles. The molecule has 0 radical (unpaired) electrons. The number of benzene rings is 1. The van der Waals surface area contributed by atoms with Gasteiger partial charge in [0.1, 0.15) is 0 Å². The zero-order chi connectivity index (χ0) is 16.9.